The van der Waals surface area contributed by atoms with E-state index in [0.29, 0.717) is 17.0 Å². The highest BCUT2D eigenvalue weighted by Crippen LogP contribution is 2.31. The zero-order chi connectivity index (χ0) is 18.6. The number of fused-ring (bicyclic) bond motifs is 1. The average molecular weight is 385 g/mol. The summed E-state index contributed by atoms with van der Waals surface area (Å²) in [6, 6.07) is 7.82. The first-order valence-corrected chi connectivity index (χ1v) is 10.7. The van der Waals surface area contributed by atoms with Gasteiger partial charge < -0.3 is 4.52 Å². The van der Waals surface area contributed by atoms with Crippen molar-refractivity contribution in [1.29, 1.82) is 0 Å². The summed E-state index contributed by atoms with van der Waals surface area (Å²) in [4.78, 5) is 22.4. The van der Waals surface area contributed by atoms with Gasteiger partial charge in [-0.05, 0) is 31.4 Å². The maximum atomic E-state index is 13.2. The van der Waals surface area contributed by atoms with Gasteiger partial charge in [-0.1, -0.05) is 55.2 Å². The van der Waals surface area contributed by atoms with Crippen molar-refractivity contribution in [2.45, 2.75) is 68.8 Å². The van der Waals surface area contributed by atoms with Crippen molar-refractivity contribution in [3.8, 4) is 0 Å². The second-order valence-corrected chi connectivity index (χ2v) is 7.96. The molecule has 0 N–H and O–H groups in total. The molecule has 0 aliphatic heterocycles. The molecule has 142 valence electrons. The van der Waals surface area contributed by atoms with Crippen molar-refractivity contribution >= 4 is 22.7 Å². The topological polar surface area (TPSA) is 73.8 Å². The third-order valence-corrected chi connectivity index (χ3v) is 5.96. The van der Waals surface area contributed by atoms with Crippen LogP contribution in [0.1, 0.15) is 63.2 Å². The SMILES string of the molecule is CCCc1noc(CSc2nc3ccccc3c(=O)n2C2CCCCC2)n1. The van der Waals surface area contributed by atoms with Crippen LogP contribution in [0, 0.1) is 0 Å². The first-order chi connectivity index (χ1) is 13.3. The standard InChI is InChI=1S/C20H24N4O2S/c1-2-8-17-22-18(26-23-17)13-27-20-21-16-12-7-6-11-15(16)19(25)24(20)14-9-4-3-5-10-14/h6-7,11-12,14H,2-5,8-10,13H2,1H3. The van der Waals surface area contributed by atoms with Gasteiger partial charge in [0.05, 0.1) is 16.7 Å². The van der Waals surface area contributed by atoms with E-state index in [2.05, 4.69) is 17.1 Å². The van der Waals surface area contributed by atoms with E-state index in [1.54, 1.807) is 0 Å². The Kier molecular flexibility index (Phi) is 5.57. The molecule has 0 bridgehead atoms. The second kappa shape index (κ2) is 8.25. The van der Waals surface area contributed by atoms with Crippen molar-refractivity contribution in [3.63, 3.8) is 0 Å². The van der Waals surface area contributed by atoms with Crippen LogP contribution in [0.2, 0.25) is 0 Å². The van der Waals surface area contributed by atoms with E-state index >= 15 is 0 Å². The largest absolute Gasteiger partial charge is 0.338 e. The van der Waals surface area contributed by atoms with Gasteiger partial charge in [0.1, 0.15) is 0 Å². The number of nitrogens with zero attached hydrogens (tertiary/aromatic N) is 4. The summed E-state index contributed by atoms with van der Waals surface area (Å²) < 4.78 is 7.26. The minimum Gasteiger partial charge on any atom is -0.338 e. The highest BCUT2D eigenvalue weighted by Gasteiger charge is 2.22. The number of thioether (sulfide) groups is 1. The molecule has 0 saturated heterocycles. The van der Waals surface area contributed by atoms with E-state index < -0.39 is 0 Å². The smallest absolute Gasteiger partial charge is 0.262 e. The zero-order valence-electron chi connectivity index (χ0n) is 15.6. The summed E-state index contributed by atoms with van der Waals surface area (Å²) in [6.45, 7) is 2.09. The van der Waals surface area contributed by atoms with E-state index in [9.17, 15) is 4.79 Å². The minimum absolute atomic E-state index is 0.0622. The lowest BCUT2D eigenvalue weighted by molar-refractivity contribution is 0.326. The van der Waals surface area contributed by atoms with Crippen molar-refractivity contribution < 1.29 is 4.52 Å². The molecular weight excluding hydrogens is 360 g/mol. The molecule has 1 aromatic carbocycles. The number of hydrogen-bond acceptors (Lipinski definition) is 6. The summed E-state index contributed by atoms with van der Waals surface area (Å²) in [5.41, 5.74) is 0.807. The molecule has 0 radical (unpaired) electrons. The van der Waals surface area contributed by atoms with Crippen LogP contribution in [0.4, 0.5) is 0 Å². The number of aryl methyl sites for hydroxylation is 1. The molecule has 4 rings (SSSR count). The van der Waals surface area contributed by atoms with Crippen molar-refractivity contribution in [2.24, 2.45) is 0 Å². The van der Waals surface area contributed by atoms with Crippen LogP contribution in [0.5, 0.6) is 0 Å². The molecule has 6 nitrogen and oxygen atoms in total. The van der Waals surface area contributed by atoms with E-state index in [1.165, 1.54) is 18.2 Å². The Labute approximate surface area is 162 Å². The number of hydrogen-bond donors (Lipinski definition) is 0. The van der Waals surface area contributed by atoms with Crippen molar-refractivity contribution in [1.82, 2.24) is 19.7 Å². The summed E-state index contributed by atoms with van der Waals surface area (Å²) in [7, 11) is 0. The first kappa shape index (κ1) is 18.2. The molecule has 1 aliphatic rings. The van der Waals surface area contributed by atoms with Gasteiger partial charge in [-0.25, -0.2) is 4.98 Å². The van der Waals surface area contributed by atoms with Gasteiger partial charge in [0.25, 0.3) is 5.56 Å². The maximum Gasteiger partial charge on any atom is 0.262 e. The Morgan fingerprint density at radius 2 is 2.00 bits per heavy atom. The van der Waals surface area contributed by atoms with E-state index in [0.717, 1.165) is 55.0 Å². The summed E-state index contributed by atoms with van der Waals surface area (Å²) in [5.74, 6) is 1.85. The molecule has 7 heteroatoms. The van der Waals surface area contributed by atoms with Crippen LogP contribution in [0.3, 0.4) is 0 Å². The summed E-state index contributed by atoms with van der Waals surface area (Å²) >= 11 is 1.51. The van der Waals surface area contributed by atoms with Gasteiger partial charge in [-0.2, -0.15) is 4.98 Å². The number of para-hydroxylation sites is 1. The van der Waals surface area contributed by atoms with Crippen LogP contribution in [0.15, 0.2) is 38.7 Å². The Bertz CT molecular complexity index is 976. The van der Waals surface area contributed by atoms with Gasteiger partial charge >= 0.3 is 0 Å². The molecule has 2 heterocycles. The molecule has 0 unspecified atom stereocenters. The third kappa shape index (κ3) is 3.93. The fourth-order valence-electron chi connectivity index (χ4n) is 3.69. The van der Waals surface area contributed by atoms with Crippen LogP contribution in [0.25, 0.3) is 10.9 Å². The minimum atomic E-state index is 0.0622. The molecule has 3 aromatic rings. The Hall–Kier alpha value is -2.15. The summed E-state index contributed by atoms with van der Waals surface area (Å²) in [6.07, 6.45) is 7.45. The lowest BCUT2D eigenvalue weighted by Crippen LogP contribution is -2.29. The fourth-order valence-corrected chi connectivity index (χ4v) is 4.59. The lowest BCUT2D eigenvalue weighted by Gasteiger charge is -2.26. The van der Waals surface area contributed by atoms with Crippen LogP contribution in [-0.4, -0.2) is 19.7 Å². The Balaban J connectivity index is 1.67. The monoisotopic (exact) mass is 384 g/mol. The molecular formula is C20H24N4O2S. The van der Waals surface area contributed by atoms with Gasteiger partial charge in [0.15, 0.2) is 11.0 Å². The number of aromatic nitrogens is 4. The van der Waals surface area contributed by atoms with E-state index in [4.69, 9.17) is 9.51 Å². The molecule has 27 heavy (non-hydrogen) atoms. The average Bonchev–Trinajstić information content (AvgIpc) is 3.15. The normalized spacial score (nSPS) is 15.4. The molecule has 1 saturated carbocycles. The van der Waals surface area contributed by atoms with E-state index in [1.807, 2.05) is 28.8 Å². The molecule has 0 atom stereocenters. The zero-order valence-corrected chi connectivity index (χ0v) is 16.4. The van der Waals surface area contributed by atoms with Crippen LogP contribution in [-0.2, 0) is 12.2 Å². The molecule has 1 aliphatic carbocycles. The van der Waals surface area contributed by atoms with Crippen LogP contribution < -0.4 is 5.56 Å². The van der Waals surface area contributed by atoms with Crippen molar-refractivity contribution in [3.05, 3.63) is 46.3 Å². The lowest BCUT2D eigenvalue weighted by atomic mass is 9.95. The van der Waals surface area contributed by atoms with E-state index in [-0.39, 0.29) is 11.6 Å². The Morgan fingerprint density at radius 3 is 2.81 bits per heavy atom. The second-order valence-electron chi connectivity index (χ2n) is 7.02. The molecule has 0 spiro atoms. The third-order valence-electron chi connectivity index (χ3n) is 5.02. The van der Waals surface area contributed by atoms with Crippen LogP contribution >= 0.6 is 11.8 Å². The predicted molar refractivity (Wildman–Crippen MR) is 106 cm³/mol. The molecule has 1 fully saturated rings. The summed E-state index contributed by atoms with van der Waals surface area (Å²) in [5, 5.41) is 5.45. The number of rotatable bonds is 6. The van der Waals surface area contributed by atoms with Gasteiger partial charge in [-0.15, -0.1) is 0 Å². The van der Waals surface area contributed by atoms with Crippen molar-refractivity contribution in [2.75, 3.05) is 0 Å². The van der Waals surface area contributed by atoms with Gasteiger partial charge in [0, 0.05) is 12.5 Å². The fraction of sp³-hybridized carbons (Fsp3) is 0.500. The molecule has 0 amide bonds. The maximum absolute atomic E-state index is 13.2. The number of benzene rings is 1. The predicted octanol–water partition coefficient (Wildman–Crippen LogP) is 4.53. The highest BCUT2D eigenvalue weighted by atomic mass is 32.2. The molecule has 2 aromatic heterocycles. The Morgan fingerprint density at radius 1 is 1.19 bits per heavy atom. The van der Waals surface area contributed by atoms with Gasteiger partial charge in [-0.3, -0.25) is 9.36 Å². The quantitative estimate of drug-likeness (QED) is 0.459. The first-order valence-electron chi connectivity index (χ1n) is 9.72. The highest BCUT2D eigenvalue weighted by molar-refractivity contribution is 7.98. The van der Waals surface area contributed by atoms with Gasteiger partial charge in [0.2, 0.25) is 5.89 Å².